The zero-order valence-corrected chi connectivity index (χ0v) is 39.0. The van der Waals surface area contributed by atoms with Gasteiger partial charge in [0.15, 0.2) is 6.29 Å². The van der Waals surface area contributed by atoms with Crippen molar-refractivity contribution < 1.29 is 34.3 Å². The summed E-state index contributed by atoms with van der Waals surface area (Å²) in [6, 6.07) is 0. The molecule has 1 heterocycles. The number of ether oxygens (including phenoxy) is 3. The van der Waals surface area contributed by atoms with Crippen LogP contribution in [0.3, 0.4) is 0 Å². The molecule has 0 unspecified atom stereocenters. The Kier molecular flexibility index (Phi) is 19.5. The van der Waals surface area contributed by atoms with Gasteiger partial charge in [0.2, 0.25) is 0 Å². The maximum atomic E-state index is 12.6. The van der Waals surface area contributed by atoms with E-state index in [4.69, 9.17) is 14.2 Å². The molecule has 7 heteroatoms. The summed E-state index contributed by atoms with van der Waals surface area (Å²) in [6.07, 6.45) is 30.8. The molecule has 3 saturated carbocycles. The number of hydrogen-bond acceptors (Lipinski definition) is 7. The number of unbranched alkanes of at least 4 members (excludes halogenated alkanes) is 8. The first-order chi connectivity index (χ1) is 28.8. The summed E-state index contributed by atoms with van der Waals surface area (Å²) in [5.74, 6) is 4.11. The van der Waals surface area contributed by atoms with Crippen LogP contribution in [-0.4, -0.2) is 64.7 Å². The van der Waals surface area contributed by atoms with Crippen LogP contribution in [0, 0.1) is 46.3 Å². The van der Waals surface area contributed by atoms with E-state index in [0.29, 0.717) is 23.7 Å². The fourth-order valence-electron chi connectivity index (χ4n) is 12.9. The molecule has 0 amide bonds. The van der Waals surface area contributed by atoms with Gasteiger partial charge in [0.1, 0.15) is 31.0 Å². The summed E-state index contributed by atoms with van der Waals surface area (Å²) in [4.78, 5) is 12.6. The monoisotopic (exact) mass is 837 g/mol. The smallest absolute Gasteiger partial charge is 0.305 e. The molecule has 0 aromatic carbocycles. The van der Waals surface area contributed by atoms with Crippen LogP contribution in [-0.2, 0) is 19.0 Å². The molecule has 0 radical (unpaired) electrons. The summed E-state index contributed by atoms with van der Waals surface area (Å²) in [6.45, 7) is 18.5. The van der Waals surface area contributed by atoms with Crippen molar-refractivity contribution in [3.8, 4) is 0 Å². The van der Waals surface area contributed by atoms with Gasteiger partial charge in [-0.2, -0.15) is 0 Å². The van der Waals surface area contributed by atoms with Crippen molar-refractivity contribution in [2.75, 3.05) is 6.61 Å². The van der Waals surface area contributed by atoms with E-state index in [2.05, 4.69) is 78.5 Å². The second-order valence-electron chi connectivity index (χ2n) is 20.7. The van der Waals surface area contributed by atoms with E-state index < -0.39 is 30.7 Å². The first-order valence-corrected chi connectivity index (χ1v) is 25.0. The van der Waals surface area contributed by atoms with Gasteiger partial charge < -0.3 is 29.5 Å². The molecule has 1 aliphatic heterocycles. The Hall–Kier alpha value is -1.77. The molecular weight excluding hydrogens is 749 g/mol. The molecular formula is C53H88O7. The average Bonchev–Trinajstić information content (AvgIpc) is 3.59. The number of carbonyl (C=O) groups is 1. The molecule has 4 fully saturated rings. The van der Waals surface area contributed by atoms with E-state index in [1.165, 1.54) is 81.8 Å². The maximum Gasteiger partial charge on any atom is 0.305 e. The normalized spacial score (nSPS) is 36.4. The number of allylic oxidation sites excluding steroid dienone is 6. The third-order valence-electron chi connectivity index (χ3n) is 16.7. The molecule has 60 heavy (non-hydrogen) atoms. The summed E-state index contributed by atoms with van der Waals surface area (Å²) in [7, 11) is 0. The molecule has 14 atom stereocenters. The largest absolute Gasteiger partial charge is 0.463 e. The lowest BCUT2D eigenvalue weighted by atomic mass is 9.47. The van der Waals surface area contributed by atoms with Gasteiger partial charge in [0, 0.05) is 6.42 Å². The first-order valence-electron chi connectivity index (χ1n) is 25.0. The summed E-state index contributed by atoms with van der Waals surface area (Å²) >= 11 is 0. The highest BCUT2D eigenvalue weighted by Gasteiger charge is 2.59. The van der Waals surface area contributed by atoms with E-state index in [1.54, 1.807) is 0 Å². The molecule has 5 aliphatic rings. The summed E-state index contributed by atoms with van der Waals surface area (Å²) in [5.41, 5.74) is 3.42. The molecule has 5 rings (SSSR count). The van der Waals surface area contributed by atoms with Gasteiger partial charge in [-0.1, -0.05) is 115 Å². The maximum absolute atomic E-state index is 12.6. The summed E-state index contributed by atoms with van der Waals surface area (Å²) < 4.78 is 18.0. The fraction of sp³-hybridized carbons (Fsp3) is 0.830. The average molecular weight is 837 g/mol. The number of fused-ring (bicyclic) bond motifs is 5. The molecule has 4 aliphatic carbocycles. The zero-order chi connectivity index (χ0) is 43.3. The van der Waals surface area contributed by atoms with Crippen molar-refractivity contribution in [3.05, 3.63) is 48.1 Å². The van der Waals surface area contributed by atoms with E-state index in [1.807, 2.05) is 0 Å². The van der Waals surface area contributed by atoms with Crippen molar-refractivity contribution >= 4 is 5.97 Å². The van der Waals surface area contributed by atoms with E-state index >= 15 is 0 Å². The zero-order valence-electron chi connectivity index (χ0n) is 39.0. The van der Waals surface area contributed by atoms with E-state index in [0.717, 1.165) is 94.3 Å². The Morgan fingerprint density at radius 2 is 1.60 bits per heavy atom. The number of hydrogen-bond donors (Lipinski definition) is 3. The van der Waals surface area contributed by atoms with Crippen LogP contribution in [0.15, 0.2) is 48.1 Å². The van der Waals surface area contributed by atoms with Crippen LogP contribution in [0.2, 0.25) is 0 Å². The number of rotatable bonds is 24. The van der Waals surface area contributed by atoms with Gasteiger partial charge >= 0.3 is 5.97 Å². The Morgan fingerprint density at radius 1 is 0.883 bits per heavy atom. The molecule has 3 N–H and O–H groups in total. The minimum atomic E-state index is -1.45. The standard InChI is InChI=1S/C53H88O7/c1-8-10-11-12-13-14-15-16-17-18-19-20-21-22-23-24-47(54)58-36-46-48(55)49(56)50(57)51(60-46)59-41-31-33-52(6)40(35-41)27-28-42-44-30-29-43(53(44,7)34-32-45(42)52)38(5)25-26-39(9-2)37(3)4/h13-14,16-17,27,38-39,41-46,48-51,55-57H,3,8-12,15,18-26,28-36H2,1-2,4-7H3/b14-13-,17-16-/t38-,39+,41+,42+,43-,44+,45+,46-,48-,49+,50-,51-,52+,53-/m1/s1. The van der Waals surface area contributed by atoms with Crippen LogP contribution in [0.4, 0.5) is 0 Å². The predicted molar refractivity (Wildman–Crippen MR) is 244 cm³/mol. The number of esters is 1. The van der Waals surface area contributed by atoms with Gasteiger partial charge in [-0.25, -0.2) is 0 Å². The first kappa shape index (κ1) is 49.2. The van der Waals surface area contributed by atoms with Crippen LogP contribution >= 0.6 is 0 Å². The third kappa shape index (κ3) is 12.5. The second-order valence-corrected chi connectivity index (χ2v) is 20.7. The van der Waals surface area contributed by atoms with Gasteiger partial charge in [0.25, 0.3) is 0 Å². The van der Waals surface area contributed by atoms with Crippen molar-refractivity contribution in [2.45, 2.75) is 226 Å². The van der Waals surface area contributed by atoms with Crippen molar-refractivity contribution in [1.82, 2.24) is 0 Å². The highest BCUT2D eigenvalue weighted by molar-refractivity contribution is 5.69. The molecule has 1 saturated heterocycles. The second kappa shape index (κ2) is 23.8. The van der Waals surface area contributed by atoms with Gasteiger partial charge in [-0.15, -0.1) is 0 Å². The lowest BCUT2D eigenvalue weighted by Gasteiger charge is -2.58. The lowest BCUT2D eigenvalue weighted by molar-refractivity contribution is -0.313. The SMILES string of the molecule is C=C(C)[C@@H](CC)CC[C@@H](C)[C@H]1CC[C@H]2[C@@H]3CC=C4C[C@@H](O[C@@H]5O[C@H](COC(=O)CCCCCCC/C=C\C/C=C\CCCCC)[C@@H](O)[C@H](O)[C@H]5O)CC[C@]4(C)[C@H]3CC[C@]12C. The molecule has 0 spiro atoms. The molecule has 0 aromatic rings. The van der Waals surface area contributed by atoms with Crippen molar-refractivity contribution in [1.29, 1.82) is 0 Å². The van der Waals surface area contributed by atoms with Gasteiger partial charge in [0.05, 0.1) is 6.10 Å². The summed E-state index contributed by atoms with van der Waals surface area (Å²) in [5, 5.41) is 32.5. The predicted octanol–water partition coefficient (Wildman–Crippen LogP) is 12.1. The Labute approximate surface area is 366 Å². The fourth-order valence-corrected chi connectivity index (χ4v) is 12.9. The van der Waals surface area contributed by atoms with Gasteiger partial charge in [-0.05, 0) is 162 Å². The van der Waals surface area contributed by atoms with E-state index in [-0.39, 0.29) is 24.1 Å². The van der Waals surface area contributed by atoms with Gasteiger partial charge in [-0.3, -0.25) is 4.79 Å². The highest BCUT2D eigenvalue weighted by Crippen LogP contribution is 2.67. The number of aliphatic hydroxyl groups is 3. The topological polar surface area (TPSA) is 105 Å². The Balaban J connectivity index is 1.03. The minimum Gasteiger partial charge on any atom is -0.463 e. The van der Waals surface area contributed by atoms with Crippen LogP contribution in [0.5, 0.6) is 0 Å². The molecule has 0 bridgehead atoms. The van der Waals surface area contributed by atoms with Crippen LogP contribution < -0.4 is 0 Å². The third-order valence-corrected chi connectivity index (χ3v) is 16.7. The minimum absolute atomic E-state index is 0.152. The number of carbonyl (C=O) groups excluding carboxylic acids is 1. The molecule has 0 aromatic heterocycles. The molecule has 7 nitrogen and oxygen atoms in total. The number of aliphatic hydroxyl groups excluding tert-OH is 3. The lowest BCUT2D eigenvalue weighted by Crippen LogP contribution is -2.60. The Morgan fingerprint density at radius 3 is 2.32 bits per heavy atom. The molecule has 342 valence electrons. The highest BCUT2D eigenvalue weighted by atomic mass is 16.7. The van der Waals surface area contributed by atoms with Crippen molar-refractivity contribution in [3.63, 3.8) is 0 Å². The Bertz CT molecular complexity index is 1420. The quantitative estimate of drug-likeness (QED) is 0.0505. The van der Waals surface area contributed by atoms with Crippen LogP contribution in [0.1, 0.15) is 189 Å². The van der Waals surface area contributed by atoms with Crippen LogP contribution in [0.25, 0.3) is 0 Å². The van der Waals surface area contributed by atoms with E-state index in [9.17, 15) is 20.1 Å². The van der Waals surface area contributed by atoms with Crippen molar-refractivity contribution in [2.24, 2.45) is 46.3 Å².